The average molecular weight is 477 g/mol. The second-order valence-electron chi connectivity index (χ2n) is 9.16. The van der Waals surface area contributed by atoms with E-state index in [1.807, 2.05) is 6.92 Å². The van der Waals surface area contributed by atoms with Crippen molar-refractivity contribution in [1.29, 1.82) is 5.41 Å². The Labute approximate surface area is 194 Å². The lowest BCUT2D eigenvalue weighted by Gasteiger charge is -2.39. The standard InChI is InChI=1S/C22H32N6O6/c1-3-4-9-27-18(31)15(16(23)24)19(32)28(21(27)34)14-5-7-22(12-29,8-6-14)11-26-10-13(2)17(30)25-20(26)33/h10,14,29,31H,3-9,11-12H2,1-2H3,(H3,23,24)(H,25,30,33). The zero-order valence-electron chi connectivity index (χ0n) is 19.5. The van der Waals surface area contributed by atoms with Gasteiger partial charge in [0.25, 0.3) is 11.1 Å². The van der Waals surface area contributed by atoms with Gasteiger partial charge in [0.1, 0.15) is 11.4 Å². The molecule has 0 amide bonds. The first-order chi connectivity index (χ1) is 16.0. The van der Waals surface area contributed by atoms with Gasteiger partial charge in [0.15, 0.2) is 0 Å². The highest BCUT2D eigenvalue weighted by atomic mass is 16.3. The van der Waals surface area contributed by atoms with Crippen LogP contribution in [0.4, 0.5) is 0 Å². The van der Waals surface area contributed by atoms with Crippen molar-refractivity contribution in [3.05, 3.63) is 59.0 Å². The Morgan fingerprint density at radius 3 is 2.47 bits per heavy atom. The fourth-order valence-corrected chi connectivity index (χ4v) is 4.67. The molecule has 0 unspecified atom stereocenters. The van der Waals surface area contributed by atoms with Gasteiger partial charge in [-0.1, -0.05) is 13.3 Å². The van der Waals surface area contributed by atoms with Crippen LogP contribution >= 0.6 is 0 Å². The van der Waals surface area contributed by atoms with Crippen molar-refractivity contribution in [2.45, 2.75) is 71.5 Å². The minimum atomic E-state index is -0.809. The first kappa shape index (κ1) is 25.2. The lowest BCUT2D eigenvalue weighted by Crippen LogP contribution is -2.48. The number of aliphatic hydroxyl groups is 1. The molecule has 1 aliphatic rings. The minimum Gasteiger partial charge on any atom is -0.494 e. The van der Waals surface area contributed by atoms with E-state index in [4.69, 9.17) is 11.1 Å². The maximum absolute atomic E-state index is 13.2. The van der Waals surface area contributed by atoms with Gasteiger partial charge in [0.05, 0.1) is 6.61 Å². The number of nitrogens with two attached hydrogens (primary N) is 1. The van der Waals surface area contributed by atoms with E-state index in [1.165, 1.54) is 10.8 Å². The van der Waals surface area contributed by atoms with Crippen LogP contribution in [0.15, 0.2) is 25.4 Å². The van der Waals surface area contributed by atoms with Gasteiger partial charge < -0.3 is 15.9 Å². The first-order valence-corrected chi connectivity index (χ1v) is 11.4. The van der Waals surface area contributed by atoms with Gasteiger partial charge in [-0.2, -0.15) is 0 Å². The van der Waals surface area contributed by atoms with Gasteiger partial charge >= 0.3 is 11.4 Å². The van der Waals surface area contributed by atoms with Gasteiger partial charge in [-0.25, -0.2) is 9.59 Å². The predicted octanol–water partition coefficient (Wildman–Crippen LogP) is -0.248. The van der Waals surface area contributed by atoms with E-state index < -0.39 is 51.2 Å². The van der Waals surface area contributed by atoms with E-state index in [0.29, 0.717) is 37.7 Å². The summed E-state index contributed by atoms with van der Waals surface area (Å²) in [4.78, 5) is 52.4. The molecule has 1 fully saturated rings. The normalized spacial score (nSPS) is 20.4. The molecule has 0 aromatic carbocycles. The molecule has 34 heavy (non-hydrogen) atoms. The third kappa shape index (κ3) is 4.63. The minimum absolute atomic E-state index is 0.177. The van der Waals surface area contributed by atoms with Crippen molar-refractivity contribution < 1.29 is 10.2 Å². The largest absolute Gasteiger partial charge is 0.494 e. The molecule has 1 aliphatic carbocycles. The highest BCUT2D eigenvalue weighted by Gasteiger charge is 2.38. The zero-order chi connectivity index (χ0) is 25.2. The first-order valence-electron chi connectivity index (χ1n) is 11.4. The highest BCUT2D eigenvalue weighted by Crippen LogP contribution is 2.41. The SMILES string of the molecule is CCCCn1c(O)c(C(=N)N)c(=O)n(C2CCC(CO)(Cn3cc(C)c(=O)[nH]c3=O)CC2)c1=O. The maximum Gasteiger partial charge on any atom is 0.334 e. The van der Waals surface area contributed by atoms with Crippen LogP contribution in [0, 0.1) is 17.7 Å². The van der Waals surface area contributed by atoms with Crippen LogP contribution in [0.3, 0.4) is 0 Å². The number of aryl methyl sites for hydroxylation is 1. The van der Waals surface area contributed by atoms with Crippen LogP contribution in [0.1, 0.15) is 62.6 Å². The molecule has 6 N–H and O–H groups in total. The molecule has 2 heterocycles. The smallest absolute Gasteiger partial charge is 0.334 e. The summed E-state index contributed by atoms with van der Waals surface area (Å²) in [6, 6.07) is -0.514. The monoisotopic (exact) mass is 476 g/mol. The third-order valence-corrected chi connectivity index (χ3v) is 6.76. The Morgan fingerprint density at radius 1 is 1.26 bits per heavy atom. The lowest BCUT2D eigenvalue weighted by atomic mass is 9.72. The van der Waals surface area contributed by atoms with Crippen molar-refractivity contribution in [2.24, 2.45) is 11.1 Å². The summed E-state index contributed by atoms with van der Waals surface area (Å²) in [5.41, 5.74) is 2.37. The molecule has 0 bridgehead atoms. The van der Waals surface area contributed by atoms with E-state index in [2.05, 4.69) is 4.98 Å². The molecule has 2 aromatic rings. The van der Waals surface area contributed by atoms with Crippen molar-refractivity contribution >= 4 is 5.84 Å². The number of H-pyrrole nitrogens is 1. The summed E-state index contributed by atoms with van der Waals surface area (Å²) in [6.45, 7) is 3.66. The Bertz CT molecular complexity index is 1310. The van der Waals surface area contributed by atoms with Gasteiger partial charge in [0.2, 0.25) is 5.88 Å². The Kier molecular flexibility index (Phi) is 7.29. The summed E-state index contributed by atoms with van der Waals surface area (Å²) in [5, 5.41) is 28.4. The Hall–Kier alpha value is -3.41. The number of aliphatic hydroxyl groups excluding tert-OH is 1. The molecule has 0 radical (unpaired) electrons. The van der Waals surface area contributed by atoms with Crippen molar-refractivity contribution in [3.8, 4) is 5.88 Å². The number of nitrogens with zero attached hydrogens (tertiary/aromatic N) is 3. The van der Waals surface area contributed by atoms with Crippen LogP contribution in [0.5, 0.6) is 5.88 Å². The van der Waals surface area contributed by atoms with Crippen LogP contribution < -0.4 is 28.2 Å². The van der Waals surface area contributed by atoms with Crippen molar-refractivity contribution in [1.82, 2.24) is 18.7 Å². The molecule has 12 nitrogen and oxygen atoms in total. The van der Waals surface area contributed by atoms with Gasteiger partial charge in [-0.15, -0.1) is 0 Å². The van der Waals surface area contributed by atoms with Gasteiger partial charge in [-0.05, 0) is 39.0 Å². The number of nitrogen functional groups attached to an aromatic ring is 1. The summed E-state index contributed by atoms with van der Waals surface area (Å²) in [7, 11) is 0. The number of aromatic amines is 1. The number of nitrogens with one attached hydrogen (secondary N) is 2. The average Bonchev–Trinajstić information content (AvgIpc) is 2.78. The Balaban J connectivity index is 1.95. The molecule has 12 heteroatoms. The van der Waals surface area contributed by atoms with Crippen molar-refractivity contribution in [3.63, 3.8) is 0 Å². The highest BCUT2D eigenvalue weighted by molar-refractivity contribution is 5.96. The fraction of sp³-hybridized carbons (Fsp3) is 0.591. The third-order valence-electron chi connectivity index (χ3n) is 6.76. The van der Waals surface area contributed by atoms with Crippen LogP contribution in [-0.4, -0.2) is 41.3 Å². The van der Waals surface area contributed by atoms with E-state index in [0.717, 1.165) is 15.6 Å². The van der Waals surface area contributed by atoms with Gasteiger partial charge in [0, 0.05) is 36.3 Å². The van der Waals surface area contributed by atoms with Crippen LogP contribution in [-0.2, 0) is 13.1 Å². The fourth-order valence-electron chi connectivity index (χ4n) is 4.67. The van der Waals surface area contributed by atoms with E-state index in [1.54, 1.807) is 6.92 Å². The zero-order valence-corrected chi connectivity index (χ0v) is 19.5. The molecular formula is C22H32N6O6. The summed E-state index contributed by atoms with van der Waals surface area (Å²) < 4.78 is 3.51. The molecule has 0 spiro atoms. The number of amidine groups is 1. The molecule has 0 aliphatic heterocycles. The number of aromatic nitrogens is 4. The lowest BCUT2D eigenvalue weighted by molar-refractivity contribution is 0.0469. The molecular weight excluding hydrogens is 444 g/mol. The van der Waals surface area contributed by atoms with Gasteiger partial charge in [-0.3, -0.25) is 33.7 Å². The number of rotatable bonds is 8. The van der Waals surface area contributed by atoms with Crippen molar-refractivity contribution in [2.75, 3.05) is 6.61 Å². The van der Waals surface area contributed by atoms with Crippen LogP contribution in [0.25, 0.3) is 0 Å². The summed E-state index contributed by atoms with van der Waals surface area (Å²) in [6.07, 6.45) is 4.36. The second-order valence-corrected chi connectivity index (χ2v) is 9.16. The number of hydrogen-bond acceptors (Lipinski definition) is 7. The summed E-state index contributed by atoms with van der Waals surface area (Å²) in [5.74, 6) is -1.21. The molecule has 0 saturated heterocycles. The quantitative estimate of drug-likeness (QED) is 0.256. The van der Waals surface area contributed by atoms with E-state index in [9.17, 15) is 29.4 Å². The number of hydrogen-bond donors (Lipinski definition) is 5. The molecule has 186 valence electrons. The topological polar surface area (TPSA) is 189 Å². The van der Waals surface area contributed by atoms with E-state index >= 15 is 0 Å². The number of aromatic hydroxyl groups is 1. The maximum atomic E-state index is 13.2. The molecule has 0 atom stereocenters. The predicted molar refractivity (Wildman–Crippen MR) is 126 cm³/mol. The molecule has 1 saturated carbocycles. The molecule has 2 aromatic heterocycles. The second kappa shape index (κ2) is 9.84. The molecule has 3 rings (SSSR count). The van der Waals surface area contributed by atoms with E-state index in [-0.39, 0.29) is 19.7 Å². The Morgan fingerprint density at radius 2 is 1.91 bits per heavy atom. The summed E-state index contributed by atoms with van der Waals surface area (Å²) >= 11 is 0. The number of unbranched alkanes of at least 4 members (excludes halogenated alkanes) is 1. The van der Waals surface area contributed by atoms with Crippen LogP contribution in [0.2, 0.25) is 0 Å².